The summed E-state index contributed by atoms with van der Waals surface area (Å²) in [5, 5.41) is 8.76. The van der Waals surface area contributed by atoms with E-state index in [1.54, 1.807) is 0 Å². The average Bonchev–Trinajstić information content (AvgIpc) is 2.36. The predicted octanol–water partition coefficient (Wildman–Crippen LogP) is 1.04. The molecule has 0 aliphatic carbocycles. The third-order valence-electron chi connectivity index (χ3n) is 2.73. The van der Waals surface area contributed by atoms with Crippen LogP contribution in [0.2, 0.25) is 0 Å². The van der Waals surface area contributed by atoms with Gasteiger partial charge < -0.3 is 16.0 Å². The molecule has 0 bridgehead atoms. The molecule has 5 heteroatoms. The first-order valence-corrected chi connectivity index (χ1v) is 7.25. The van der Waals surface area contributed by atoms with E-state index >= 15 is 0 Å². The number of carbonyl (C=O) groups excluding carboxylic acids is 2. The van der Waals surface area contributed by atoms with Gasteiger partial charge in [-0.15, -0.1) is 0 Å². The van der Waals surface area contributed by atoms with Gasteiger partial charge in [-0.3, -0.25) is 9.59 Å². The summed E-state index contributed by atoms with van der Waals surface area (Å²) in [7, 11) is 0. The van der Waals surface area contributed by atoms with Crippen molar-refractivity contribution in [3.63, 3.8) is 0 Å². The molecule has 0 saturated heterocycles. The number of unbranched alkanes of at least 4 members (excludes halogenated alkanes) is 1. The second kappa shape index (κ2) is 10.8. The van der Waals surface area contributed by atoms with Gasteiger partial charge in [-0.05, 0) is 19.3 Å². The molecular weight excluding hydrogens is 242 g/mol. The maximum Gasteiger partial charge on any atom is 0.236 e. The van der Waals surface area contributed by atoms with Crippen LogP contribution < -0.4 is 16.0 Å². The Morgan fingerprint density at radius 2 is 1.74 bits per heavy atom. The average molecular weight is 271 g/mol. The van der Waals surface area contributed by atoms with Crippen LogP contribution in [0, 0.1) is 5.92 Å². The van der Waals surface area contributed by atoms with Crippen LogP contribution in [0.15, 0.2) is 0 Å². The molecule has 1 atom stereocenters. The monoisotopic (exact) mass is 271 g/mol. The van der Waals surface area contributed by atoms with E-state index in [0.29, 0.717) is 25.4 Å². The molecule has 0 heterocycles. The van der Waals surface area contributed by atoms with E-state index in [1.807, 2.05) is 6.92 Å². The summed E-state index contributed by atoms with van der Waals surface area (Å²) in [6.45, 7) is 9.95. The molecule has 5 nitrogen and oxygen atoms in total. The van der Waals surface area contributed by atoms with Gasteiger partial charge in [0.15, 0.2) is 0 Å². The van der Waals surface area contributed by atoms with Crippen molar-refractivity contribution in [1.29, 1.82) is 0 Å². The first-order chi connectivity index (χ1) is 8.97. The second-order valence-corrected chi connectivity index (χ2v) is 5.27. The zero-order valence-corrected chi connectivity index (χ0v) is 12.7. The molecule has 0 saturated carbocycles. The van der Waals surface area contributed by atoms with Crippen molar-refractivity contribution < 1.29 is 9.59 Å². The molecule has 0 rings (SSSR count). The number of nitrogens with one attached hydrogen (secondary N) is 3. The molecule has 19 heavy (non-hydrogen) atoms. The van der Waals surface area contributed by atoms with E-state index in [2.05, 4.69) is 36.7 Å². The van der Waals surface area contributed by atoms with Crippen molar-refractivity contribution in [1.82, 2.24) is 16.0 Å². The molecule has 2 amide bonds. The normalized spacial score (nSPS) is 12.3. The minimum absolute atomic E-state index is 0.00367. The fourth-order valence-electron chi connectivity index (χ4n) is 1.44. The molecule has 3 N–H and O–H groups in total. The SMILES string of the molecule is CCCCNC(=O)C(C)NCCC(=O)NCC(C)C. The Hall–Kier alpha value is -1.10. The van der Waals surface area contributed by atoms with Crippen molar-refractivity contribution >= 4 is 11.8 Å². The molecule has 0 aromatic rings. The molecule has 1 unspecified atom stereocenters. The van der Waals surface area contributed by atoms with Gasteiger partial charge >= 0.3 is 0 Å². The summed E-state index contributed by atoms with van der Waals surface area (Å²) in [5.41, 5.74) is 0. The van der Waals surface area contributed by atoms with Crippen molar-refractivity contribution in [3.8, 4) is 0 Å². The topological polar surface area (TPSA) is 70.2 Å². The van der Waals surface area contributed by atoms with Crippen LogP contribution in [0.3, 0.4) is 0 Å². The van der Waals surface area contributed by atoms with Crippen LogP contribution in [-0.2, 0) is 9.59 Å². The Kier molecular flexibility index (Phi) is 10.2. The Morgan fingerprint density at radius 3 is 2.32 bits per heavy atom. The minimum Gasteiger partial charge on any atom is -0.356 e. The van der Waals surface area contributed by atoms with Crippen LogP contribution in [0.25, 0.3) is 0 Å². The number of rotatable bonds is 10. The van der Waals surface area contributed by atoms with Gasteiger partial charge in [-0.2, -0.15) is 0 Å². The molecule has 112 valence electrons. The summed E-state index contributed by atoms with van der Waals surface area (Å²) in [6, 6.07) is -0.255. The summed E-state index contributed by atoms with van der Waals surface area (Å²) in [5.74, 6) is 0.482. The maximum atomic E-state index is 11.6. The number of carbonyl (C=O) groups is 2. The summed E-state index contributed by atoms with van der Waals surface area (Å²) >= 11 is 0. The van der Waals surface area contributed by atoms with Crippen molar-refractivity contribution in [2.45, 2.75) is 53.0 Å². The first kappa shape index (κ1) is 17.9. The lowest BCUT2D eigenvalue weighted by Crippen LogP contribution is -2.43. The lowest BCUT2D eigenvalue weighted by atomic mass is 10.2. The standard InChI is InChI=1S/C14H29N3O2/c1-5-6-8-16-14(19)12(4)15-9-7-13(18)17-10-11(2)3/h11-12,15H,5-10H2,1-4H3,(H,16,19)(H,17,18). The second-order valence-electron chi connectivity index (χ2n) is 5.27. The van der Waals surface area contributed by atoms with Crippen LogP contribution in [0.5, 0.6) is 0 Å². The third-order valence-corrected chi connectivity index (χ3v) is 2.73. The minimum atomic E-state index is -0.255. The lowest BCUT2D eigenvalue weighted by Gasteiger charge is -2.14. The van der Waals surface area contributed by atoms with Gasteiger partial charge in [0.2, 0.25) is 11.8 Å². The van der Waals surface area contributed by atoms with E-state index in [0.717, 1.165) is 19.4 Å². The quantitative estimate of drug-likeness (QED) is 0.520. The largest absolute Gasteiger partial charge is 0.356 e. The van der Waals surface area contributed by atoms with Gasteiger partial charge in [-0.25, -0.2) is 0 Å². The highest BCUT2D eigenvalue weighted by Gasteiger charge is 2.11. The fourth-order valence-corrected chi connectivity index (χ4v) is 1.44. The molecule has 0 aliphatic heterocycles. The highest BCUT2D eigenvalue weighted by molar-refractivity contribution is 5.81. The zero-order chi connectivity index (χ0) is 14.7. The zero-order valence-electron chi connectivity index (χ0n) is 12.7. The molecule has 0 radical (unpaired) electrons. The molecule has 0 spiro atoms. The van der Waals surface area contributed by atoms with Crippen LogP contribution in [0.1, 0.15) is 47.0 Å². The first-order valence-electron chi connectivity index (χ1n) is 7.25. The van der Waals surface area contributed by atoms with Gasteiger partial charge in [0.05, 0.1) is 6.04 Å². The molecular formula is C14H29N3O2. The van der Waals surface area contributed by atoms with Gasteiger partial charge in [0.25, 0.3) is 0 Å². The van der Waals surface area contributed by atoms with E-state index in [9.17, 15) is 9.59 Å². The van der Waals surface area contributed by atoms with Crippen molar-refractivity contribution in [3.05, 3.63) is 0 Å². The molecule has 0 aromatic carbocycles. The van der Waals surface area contributed by atoms with Crippen LogP contribution >= 0.6 is 0 Å². The van der Waals surface area contributed by atoms with E-state index in [1.165, 1.54) is 0 Å². The number of hydrogen-bond donors (Lipinski definition) is 3. The van der Waals surface area contributed by atoms with Gasteiger partial charge in [0, 0.05) is 26.1 Å². The van der Waals surface area contributed by atoms with E-state index in [4.69, 9.17) is 0 Å². The lowest BCUT2D eigenvalue weighted by molar-refractivity contribution is -0.124. The number of hydrogen-bond acceptors (Lipinski definition) is 3. The Balaban J connectivity index is 3.63. The highest BCUT2D eigenvalue weighted by atomic mass is 16.2. The number of amides is 2. The van der Waals surface area contributed by atoms with E-state index in [-0.39, 0.29) is 17.9 Å². The van der Waals surface area contributed by atoms with Crippen molar-refractivity contribution in [2.24, 2.45) is 5.92 Å². The van der Waals surface area contributed by atoms with Crippen molar-refractivity contribution in [2.75, 3.05) is 19.6 Å². The van der Waals surface area contributed by atoms with Crippen LogP contribution in [0.4, 0.5) is 0 Å². The van der Waals surface area contributed by atoms with Gasteiger partial charge in [-0.1, -0.05) is 27.2 Å². The molecule has 0 fully saturated rings. The summed E-state index contributed by atoms with van der Waals surface area (Å²) in [4.78, 5) is 23.1. The fraction of sp³-hybridized carbons (Fsp3) is 0.857. The van der Waals surface area contributed by atoms with E-state index < -0.39 is 0 Å². The molecule has 0 aromatic heterocycles. The Bertz CT molecular complexity index is 267. The summed E-state index contributed by atoms with van der Waals surface area (Å²) in [6.07, 6.45) is 2.47. The highest BCUT2D eigenvalue weighted by Crippen LogP contribution is 1.89. The molecule has 0 aliphatic rings. The third kappa shape index (κ3) is 10.5. The smallest absolute Gasteiger partial charge is 0.236 e. The maximum absolute atomic E-state index is 11.6. The summed E-state index contributed by atoms with van der Waals surface area (Å²) < 4.78 is 0. The Morgan fingerprint density at radius 1 is 1.05 bits per heavy atom. The van der Waals surface area contributed by atoms with Gasteiger partial charge in [0.1, 0.15) is 0 Å². The predicted molar refractivity (Wildman–Crippen MR) is 77.8 cm³/mol. The Labute approximate surface area is 116 Å². The van der Waals surface area contributed by atoms with Crippen LogP contribution in [-0.4, -0.2) is 37.5 Å².